The molecule has 0 bridgehead atoms. The Labute approximate surface area is 162 Å². The van der Waals surface area contributed by atoms with Crippen LogP contribution in [0.15, 0.2) is 48.5 Å². The fraction of sp³-hybridized carbons (Fsp3) is 0.286. The zero-order valence-electron chi connectivity index (χ0n) is 15.4. The zero-order chi connectivity index (χ0) is 19.9. The summed E-state index contributed by atoms with van der Waals surface area (Å²) in [5.74, 6) is -0.781. The zero-order valence-corrected chi connectivity index (χ0v) is 15.4. The first-order valence-corrected chi connectivity index (χ1v) is 9.11. The van der Waals surface area contributed by atoms with Crippen molar-refractivity contribution in [1.82, 2.24) is 5.32 Å². The van der Waals surface area contributed by atoms with E-state index in [-0.39, 0.29) is 25.0 Å². The number of anilines is 1. The minimum absolute atomic E-state index is 0.0117. The molecule has 7 nitrogen and oxygen atoms in total. The third-order valence-electron chi connectivity index (χ3n) is 4.51. The van der Waals surface area contributed by atoms with Crippen LogP contribution < -0.4 is 15.0 Å². The predicted molar refractivity (Wildman–Crippen MR) is 103 cm³/mol. The van der Waals surface area contributed by atoms with Crippen molar-refractivity contribution >= 4 is 23.5 Å². The van der Waals surface area contributed by atoms with Gasteiger partial charge in [-0.1, -0.05) is 30.3 Å². The van der Waals surface area contributed by atoms with E-state index in [4.69, 9.17) is 9.84 Å². The van der Waals surface area contributed by atoms with Crippen LogP contribution in [-0.4, -0.2) is 42.6 Å². The molecule has 0 unspecified atom stereocenters. The molecule has 146 valence electrons. The summed E-state index contributed by atoms with van der Waals surface area (Å²) in [5.41, 5.74) is 2.88. The Balaban J connectivity index is 1.47. The Kier molecular flexibility index (Phi) is 6.26. The normalized spacial score (nSPS) is 13.0. The van der Waals surface area contributed by atoms with E-state index in [0.29, 0.717) is 31.6 Å². The number of hydrogen-bond donors (Lipinski definition) is 2. The van der Waals surface area contributed by atoms with E-state index in [9.17, 15) is 14.4 Å². The lowest BCUT2D eigenvalue weighted by Gasteiger charge is -2.28. The Hall–Kier alpha value is -3.35. The number of amides is 2. The average molecular weight is 382 g/mol. The lowest BCUT2D eigenvalue weighted by Crippen LogP contribution is -2.43. The summed E-state index contributed by atoms with van der Waals surface area (Å²) in [5, 5.41) is 11.4. The Morgan fingerprint density at radius 2 is 1.82 bits per heavy atom. The average Bonchev–Trinajstić information content (AvgIpc) is 2.69. The molecule has 2 aromatic carbocycles. The predicted octanol–water partition coefficient (Wildman–Crippen LogP) is 1.79. The first-order valence-electron chi connectivity index (χ1n) is 9.11. The van der Waals surface area contributed by atoms with Gasteiger partial charge in [0.2, 0.25) is 11.8 Å². The second-order valence-electron chi connectivity index (χ2n) is 6.53. The van der Waals surface area contributed by atoms with Gasteiger partial charge in [0.1, 0.15) is 12.3 Å². The van der Waals surface area contributed by atoms with Gasteiger partial charge in [0.15, 0.2) is 6.61 Å². The van der Waals surface area contributed by atoms with Gasteiger partial charge < -0.3 is 20.1 Å². The summed E-state index contributed by atoms with van der Waals surface area (Å²) in [6, 6.07) is 14.7. The number of carbonyl (C=O) groups is 3. The van der Waals surface area contributed by atoms with Crippen molar-refractivity contribution < 1.29 is 24.2 Å². The Morgan fingerprint density at radius 3 is 2.57 bits per heavy atom. The fourth-order valence-corrected chi connectivity index (χ4v) is 3.11. The molecule has 1 aliphatic heterocycles. The number of nitrogens with zero attached hydrogens (tertiary/aromatic N) is 1. The second-order valence-corrected chi connectivity index (χ2v) is 6.53. The highest BCUT2D eigenvalue weighted by Crippen LogP contribution is 2.27. The van der Waals surface area contributed by atoms with Gasteiger partial charge in [0.25, 0.3) is 0 Å². The molecular formula is C21H22N2O5. The van der Waals surface area contributed by atoms with Crippen molar-refractivity contribution in [3.8, 4) is 5.75 Å². The summed E-state index contributed by atoms with van der Waals surface area (Å²) in [7, 11) is 0. The third-order valence-corrected chi connectivity index (χ3v) is 4.51. The van der Waals surface area contributed by atoms with Gasteiger partial charge in [-0.25, -0.2) is 4.79 Å². The largest absolute Gasteiger partial charge is 0.482 e. The first kappa shape index (κ1) is 19.4. The van der Waals surface area contributed by atoms with Crippen LogP contribution >= 0.6 is 0 Å². The minimum atomic E-state index is -1.03. The van der Waals surface area contributed by atoms with Crippen molar-refractivity contribution in [1.29, 1.82) is 0 Å². The highest BCUT2D eigenvalue weighted by atomic mass is 16.5. The molecule has 2 N–H and O–H groups in total. The molecule has 2 amide bonds. The molecule has 1 aliphatic rings. The van der Waals surface area contributed by atoms with Crippen molar-refractivity contribution in [3.63, 3.8) is 0 Å². The standard InChI is InChI=1S/C21H22N2O5/c24-19(13-23-18-4-2-1-3-16(18)7-10-20(23)25)22-12-11-15-5-8-17(9-6-15)28-14-21(26)27/h1-6,8-9H,7,10-14H2,(H,22,24)(H,26,27). The number of aliphatic carboxylic acids is 1. The molecule has 0 saturated heterocycles. The number of nitrogens with one attached hydrogen (secondary N) is 1. The van der Waals surface area contributed by atoms with Crippen molar-refractivity contribution in [2.75, 3.05) is 24.6 Å². The van der Waals surface area contributed by atoms with Crippen LogP contribution in [-0.2, 0) is 27.2 Å². The number of hydrogen-bond acceptors (Lipinski definition) is 4. The van der Waals surface area contributed by atoms with E-state index >= 15 is 0 Å². The number of carboxylic acid groups (broad SMARTS) is 1. The van der Waals surface area contributed by atoms with E-state index in [2.05, 4.69) is 5.32 Å². The number of rotatable bonds is 8. The van der Waals surface area contributed by atoms with Crippen molar-refractivity contribution in [3.05, 3.63) is 59.7 Å². The molecule has 0 fully saturated rings. The summed E-state index contributed by atoms with van der Waals surface area (Å²) in [4.78, 5) is 36.5. The summed E-state index contributed by atoms with van der Waals surface area (Å²) >= 11 is 0. The van der Waals surface area contributed by atoms with Crippen molar-refractivity contribution in [2.45, 2.75) is 19.3 Å². The highest BCUT2D eigenvalue weighted by molar-refractivity contribution is 6.00. The van der Waals surface area contributed by atoms with Crippen LogP contribution in [0.4, 0.5) is 5.69 Å². The van der Waals surface area contributed by atoms with Crippen molar-refractivity contribution in [2.24, 2.45) is 0 Å². The van der Waals surface area contributed by atoms with Gasteiger partial charge in [0, 0.05) is 18.7 Å². The quantitative estimate of drug-likeness (QED) is 0.726. The van der Waals surface area contributed by atoms with Gasteiger partial charge in [-0.05, 0) is 42.2 Å². The van der Waals surface area contributed by atoms with E-state index in [1.807, 2.05) is 36.4 Å². The number of fused-ring (bicyclic) bond motifs is 1. The van der Waals surface area contributed by atoms with Gasteiger partial charge in [-0.15, -0.1) is 0 Å². The molecule has 1 heterocycles. The Bertz CT molecular complexity index is 863. The van der Waals surface area contributed by atoms with E-state index < -0.39 is 5.97 Å². The van der Waals surface area contributed by atoms with Crippen LogP contribution in [0.25, 0.3) is 0 Å². The van der Waals surface area contributed by atoms with Crippen LogP contribution in [0, 0.1) is 0 Å². The molecule has 0 saturated carbocycles. The molecule has 0 spiro atoms. The summed E-state index contributed by atoms with van der Waals surface area (Å²) < 4.78 is 5.08. The molecule has 0 atom stereocenters. The maximum Gasteiger partial charge on any atom is 0.341 e. The molecule has 28 heavy (non-hydrogen) atoms. The number of para-hydroxylation sites is 1. The number of ether oxygens (including phenoxy) is 1. The fourth-order valence-electron chi connectivity index (χ4n) is 3.11. The van der Waals surface area contributed by atoms with Crippen LogP contribution in [0.1, 0.15) is 17.5 Å². The van der Waals surface area contributed by atoms with Crippen LogP contribution in [0.2, 0.25) is 0 Å². The van der Waals surface area contributed by atoms with Gasteiger partial charge in [0.05, 0.1) is 0 Å². The maximum absolute atomic E-state index is 12.3. The number of benzene rings is 2. The number of carbonyl (C=O) groups excluding carboxylic acids is 2. The molecule has 0 aliphatic carbocycles. The smallest absolute Gasteiger partial charge is 0.341 e. The van der Waals surface area contributed by atoms with E-state index in [1.165, 1.54) is 0 Å². The van der Waals surface area contributed by atoms with Gasteiger partial charge >= 0.3 is 5.97 Å². The molecule has 2 aromatic rings. The SMILES string of the molecule is O=C(O)COc1ccc(CCNC(=O)CN2C(=O)CCc3ccccc32)cc1. The number of carboxylic acids is 1. The molecule has 0 radical (unpaired) electrons. The molecule has 3 rings (SSSR count). The second kappa shape index (κ2) is 9.03. The summed E-state index contributed by atoms with van der Waals surface area (Å²) in [6.07, 6.45) is 1.75. The van der Waals surface area contributed by atoms with Crippen LogP contribution in [0.5, 0.6) is 5.75 Å². The number of aryl methyl sites for hydroxylation is 1. The third kappa shape index (κ3) is 5.09. The monoisotopic (exact) mass is 382 g/mol. The molecule has 0 aromatic heterocycles. The summed E-state index contributed by atoms with van der Waals surface area (Å²) in [6.45, 7) is 0.0728. The lowest BCUT2D eigenvalue weighted by molar-refractivity contribution is -0.139. The van der Waals surface area contributed by atoms with E-state index in [0.717, 1.165) is 16.8 Å². The highest BCUT2D eigenvalue weighted by Gasteiger charge is 2.25. The maximum atomic E-state index is 12.3. The van der Waals surface area contributed by atoms with Gasteiger partial charge in [-0.3, -0.25) is 9.59 Å². The minimum Gasteiger partial charge on any atom is -0.482 e. The topological polar surface area (TPSA) is 95.9 Å². The lowest BCUT2D eigenvalue weighted by atomic mass is 10.0. The Morgan fingerprint density at radius 1 is 1.07 bits per heavy atom. The van der Waals surface area contributed by atoms with Crippen LogP contribution in [0.3, 0.4) is 0 Å². The molecule has 7 heteroatoms. The first-order chi connectivity index (χ1) is 13.5. The molecular weight excluding hydrogens is 360 g/mol. The van der Waals surface area contributed by atoms with E-state index in [1.54, 1.807) is 17.0 Å². The van der Waals surface area contributed by atoms with Gasteiger partial charge in [-0.2, -0.15) is 0 Å².